The average molecular weight is 246 g/mol. The summed E-state index contributed by atoms with van der Waals surface area (Å²) in [6.07, 6.45) is 2.39. The Bertz CT molecular complexity index is 367. The molecule has 3 heteroatoms. The number of benzene rings is 1. The van der Waals surface area contributed by atoms with Crippen LogP contribution < -0.4 is 5.73 Å². The standard InChI is InChI=1S/C15H22N2O/c16-8-13-6-14-10-18-11-15(7-13)17(14)9-12-4-2-1-3-5-12/h1-5,13-15H,6-11,16H2. The first-order valence-corrected chi connectivity index (χ1v) is 6.94. The van der Waals surface area contributed by atoms with Gasteiger partial charge in [0.1, 0.15) is 0 Å². The van der Waals surface area contributed by atoms with Gasteiger partial charge in [0.25, 0.3) is 0 Å². The molecule has 0 amide bonds. The van der Waals surface area contributed by atoms with Crippen LogP contribution in [0.15, 0.2) is 30.3 Å². The van der Waals surface area contributed by atoms with Crippen LogP contribution in [0.25, 0.3) is 0 Å². The molecule has 2 aliphatic heterocycles. The SMILES string of the molecule is NCC1CC2COCC(C1)N2Cc1ccccc1. The van der Waals surface area contributed by atoms with Gasteiger partial charge in [0, 0.05) is 18.6 Å². The third-order valence-electron chi connectivity index (χ3n) is 4.31. The van der Waals surface area contributed by atoms with Gasteiger partial charge >= 0.3 is 0 Å². The minimum Gasteiger partial charge on any atom is -0.378 e. The van der Waals surface area contributed by atoms with Crippen molar-refractivity contribution in [2.75, 3.05) is 19.8 Å². The lowest BCUT2D eigenvalue weighted by molar-refractivity contribution is -0.0906. The Hall–Kier alpha value is -0.900. The van der Waals surface area contributed by atoms with E-state index in [1.807, 2.05) is 0 Å². The molecule has 2 heterocycles. The van der Waals surface area contributed by atoms with Crippen molar-refractivity contribution in [2.24, 2.45) is 11.7 Å². The van der Waals surface area contributed by atoms with Crippen LogP contribution in [-0.2, 0) is 11.3 Å². The van der Waals surface area contributed by atoms with Crippen LogP contribution in [-0.4, -0.2) is 36.7 Å². The van der Waals surface area contributed by atoms with E-state index < -0.39 is 0 Å². The van der Waals surface area contributed by atoms with Crippen LogP contribution in [0.5, 0.6) is 0 Å². The number of rotatable bonds is 3. The molecule has 0 aliphatic carbocycles. The van der Waals surface area contributed by atoms with Crippen molar-refractivity contribution in [1.82, 2.24) is 4.90 Å². The molecule has 0 saturated carbocycles. The van der Waals surface area contributed by atoms with Gasteiger partial charge in [0.05, 0.1) is 13.2 Å². The van der Waals surface area contributed by atoms with Gasteiger partial charge in [-0.25, -0.2) is 0 Å². The lowest BCUT2D eigenvalue weighted by Crippen LogP contribution is -2.57. The highest BCUT2D eigenvalue weighted by molar-refractivity contribution is 5.15. The molecule has 2 aliphatic rings. The molecule has 1 aromatic carbocycles. The predicted octanol–water partition coefficient (Wildman–Crippen LogP) is 1.62. The smallest absolute Gasteiger partial charge is 0.0623 e. The van der Waals surface area contributed by atoms with Gasteiger partial charge in [-0.05, 0) is 30.9 Å². The zero-order chi connectivity index (χ0) is 12.4. The number of nitrogens with two attached hydrogens (primary N) is 1. The molecule has 2 atom stereocenters. The van der Waals surface area contributed by atoms with E-state index in [0.29, 0.717) is 18.0 Å². The molecule has 2 unspecified atom stereocenters. The van der Waals surface area contributed by atoms with Gasteiger partial charge in [0.2, 0.25) is 0 Å². The van der Waals surface area contributed by atoms with Gasteiger partial charge in [-0.3, -0.25) is 4.90 Å². The first-order valence-electron chi connectivity index (χ1n) is 6.94. The van der Waals surface area contributed by atoms with Crippen molar-refractivity contribution < 1.29 is 4.74 Å². The van der Waals surface area contributed by atoms with Gasteiger partial charge in [-0.1, -0.05) is 30.3 Å². The van der Waals surface area contributed by atoms with Crippen molar-refractivity contribution >= 4 is 0 Å². The van der Waals surface area contributed by atoms with Gasteiger partial charge < -0.3 is 10.5 Å². The molecule has 2 bridgehead atoms. The normalized spacial score (nSPS) is 32.4. The summed E-state index contributed by atoms with van der Waals surface area (Å²) in [5, 5.41) is 0. The van der Waals surface area contributed by atoms with E-state index in [2.05, 4.69) is 35.2 Å². The Balaban J connectivity index is 1.72. The van der Waals surface area contributed by atoms with Crippen molar-refractivity contribution in [3.8, 4) is 0 Å². The minimum atomic E-state index is 0.561. The molecule has 1 aromatic rings. The predicted molar refractivity (Wildman–Crippen MR) is 72.2 cm³/mol. The lowest BCUT2D eigenvalue weighted by atomic mass is 9.85. The zero-order valence-corrected chi connectivity index (χ0v) is 10.8. The second-order valence-electron chi connectivity index (χ2n) is 5.58. The van der Waals surface area contributed by atoms with E-state index in [9.17, 15) is 0 Å². The summed E-state index contributed by atoms with van der Waals surface area (Å²) in [4.78, 5) is 2.63. The fourth-order valence-corrected chi connectivity index (χ4v) is 3.35. The second-order valence-corrected chi connectivity index (χ2v) is 5.58. The summed E-state index contributed by atoms with van der Waals surface area (Å²) in [5.41, 5.74) is 7.25. The fourth-order valence-electron chi connectivity index (χ4n) is 3.35. The summed E-state index contributed by atoms with van der Waals surface area (Å²) in [5.74, 6) is 0.691. The lowest BCUT2D eigenvalue weighted by Gasteiger charge is -2.48. The number of hydrogen-bond acceptors (Lipinski definition) is 3. The number of nitrogens with zero attached hydrogens (tertiary/aromatic N) is 1. The van der Waals surface area contributed by atoms with E-state index in [0.717, 1.165) is 26.3 Å². The molecule has 0 spiro atoms. The van der Waals surface area contributed by atoms with Crippen molar-refractivity contribution in [2.45, 2.75) is 31.5 Å². The first kappa shape index (κ1) is 12.2. The molecule has 2 N–H and O–H groups in total. The number of ether oxygens (including phenoxy) is 1. The maximum absolute atomic E-state index is 5.85. The summed E-state index contributed by atoms with van der Waals surface area (Å²) in [7, 11) is 0. The minimum absolute atomic E-state index is 0.561. The molecule has 2 saturated heterocycles. The fraction of sp³-hybridized carbons (Fsp3) is 0.600. The summed E-state index contributed by atoms with van der Waals surface area (Å²) in [6.45, 7) is 3.63. The van der Waals surface area contributed by atoms with Gasteiger partial charge in [0.15, 0.2) is 0 Å². The van der Waals surface area contributed by atoms with Crippen LogP contribution in [0.1, 0.15) is 18.4 Å². The van der Waals surface area contributed by atoms with E-state index in [1.54, 1.807) is 0 Å². The topological polar surface area (TPSA) is 38.5 Å². The van der Waals surface area contributed by atoms with Crippen LogP contribution in [0, 0.1) is 5.92 Å². The summed E-state index contributed by atoms with van der Waals surface area (Å²) >= 11 is 0. The molecule has 3 rings (SSSR count). The quantitative estimate of drug-likeness (QED) is 0.881. The summed E-state index contributed by atoms with van der Waals surface area (Å²) < 4.78 is 5.71. The second kappa shape index (κ2) is 5.39. The maximum Gasteiger partial charge on any atom is 0.0623 e. The van der Waals surface area contributed by atoms with Gasteiger partial charge in [-0.15, -0.1) is 0 Å². The molecule has 2 fully saturated rings. The Labute approximate surface area is 109 Å². The van der Waals surface area contributed by atoms with Crippen LogP contribution in [0.2, 0.25) is 0 Å². The largest absolute Gasteiger partial charge is 0.378 e. The van der Waals surface area contributed by atoms with Crippen LogP contribution >= 0.6 is 0 Å². The first-order chi connectivity index (χ1) is 8.86. The zero-order valence-electron chi connectivity index (χ0n) is 10.8. The maximum atomic E-state index is 5.85. The molecule has 0 radical (unpaired) electrons. The van der Waals surface area contributed by atoms with Gasteiger partial charge in [-0.2, -0.15) is 0 Å². The van der Waals surface area contributed by atoms with E-state index in [-0.39, 0.29) is 0 Å². The highest BCUT2D eigenvalue weighted by atomic mass is 16.5. The number of morpholine rings is 1. The van der Waals surface area contributed by atoms with Crippen molar-refractivity contribution in [3.63, 3.8) is 0 Å². The number of piperidine rings is 1. The monoisotopic (exact) mass is 246 g/mol. The Morgan fingerprint density at radius 3 is 2.39 bits per heavy atom. The van der Waals surface area contributed by atoms with Crippen molar-refractivity contribution in [1.29, 1.82) is 0 Å². The molecule has 0 aromatic heterocycles. The number of hydrogen-bond donors (Lipinski definition) is 1. The molecule has 18 heavy (non-hydrogen) atoms. The highest BCUT2D eigenvalue weighted by Gasteiger charge is 2.38. The summed E-state index contributed by atoms with van der Waals surface area (Å²) in [6, 6.07) is 11.9. The Morgan fingerprint density at radius 2 is 1.78 bits per heavy atom. The highest BCUT2D eigenvalue weighted by Crippen LogP contribution is 2.32. The Kier molecular flexibility index (Phi) is 3.64. The molecule has 98 valence electrons. The molecule has 3 nitrogen and oxygen atoms in total. The van der Waals surface area contributed by atoms with Crippen molar-refractivity contribution in [3.05, 3.63) is 35.9 Å². The molecular weight excluding hydrogens is 224 g/mol. The third-order valence-corrected chi connectivity index (χ3v) is 4.31. The van der Waals surface area contributed by atoms with Crippen LogP contribution in [0.4, 0.5) is 0 Å². The van der Waals surface area contributed by atoms with E-state index in [1.165, 1.54) is 18.4 Å². The molecular formula is C15H22N2O. The van der Waals surface area contributed by atoms with Crippen LogP contribution in [0.3, 0.4) is 0 Å². The Morgan fingerprint density at radius 1 is 1.11 bits per heavy atom. The number of fused-ring (bicyclic) bond motifs is 2. The average Bonchev–Trinajstić information content (AvgIpc) is 2.39. The van der Waals surface area contributed by atoms with E-state index >= 15 is 0 Å². The van der Waals surface area contributed by atoms with E-state index in [4.69, 9.17) is 10.5 Å². The third kappa shape index (κ3) is 2.44.